The largest absolute Gasteiger partial charge is 0.480 e. The predicted octanol–water partition coefficient (Wildman–Crippen LogP) is 1.58. The number of carbonyl (C=O) groups is 1. The van der Waals surface area contributed by atoms with E-state index >= 15 is 0 Å². The molecule has 2 heterocycles. The van der Waals surface area contributed by atoms with Gasteiger partial charge in [-0.2, -0.15) is 0 Å². The Bertz CT molecular complexity index is 588. The van der Waals surface area contributed by atoms with E-state index in [1.807, 2.05) is 11.4 Å². The topological polar surface area (TPSA) is 75.1 Å². The van der Waals surface area contributed by atoms with Crippen LogP contribution in [0.25, 0.3) is 10.2 Å². The van der Waals surface area contributed by atoms with Gasteiger partial charge in [0.2, 0.25) is 0 Å². The summed E-state index contributed by atoms with van der Waals surface area (Å²) in [5.74, 6) is 1.83. The molecule has 2 rings (SSSR count). The third-order valence-corrected chi connectivity index (χ3v) is 3.01. The van der Waals surface area contributed by atoms with Gasteiger partial charge in [-0.3, -0.25) is 0 Å². The molecule has 6 heteroatoms. The number of hydrogen-bond donors (Lipinski definition) is 2. The number of aromatic nitrogens is 2. The van der Waals surface area contributed by atoms with Crippen LogP contribution < -0.4 is 5.32 Å². The molecule has 0 bridgehead atoms. The van der Waals surface area contributed by atoms with Crippen molar-refractivity contribution in [2.75, 3.05) is 5.32 Å². The molecule has 2 aromatic heterocycles. The third kappa shape index (κ3) is 2.34. The second-order valence-corrected chi connectivity index (χ2v) is 4.20. The number of fused-ring (bicyclic) bond motifs is 1. The molecule has 0 fully saturated rings. The lowest BCUT2D eigenvalue weighted by Crippen LogP contribution is -2.29. The van der Waals surface area contributed by atoms with Gasteiger partial charge in [0.1, 0.15) is 23.0 Å². The molecule has 0 aliphatic heterocycles. The molecule has 0 radical (unpaired) electrons. The summed E-state index contributed by atoms with van der Waals surface area (Å²) in [4.78, 5) is 19.9. The number of hydrogen-bond acceptors (Lipinski definition) is 5. The van der Waals surface area contributed by atoms with Gasteiger partial charge in [0.25, 0.3) is 0 Å². The van der Waals surface area contributed by atoms with Gasteiger partial charge in [-0.05, 0) is 11.4 Å². The highest BCUT2D eigenvalue weighted by atomic mass is 32.1. The molecular formula is C11H9N3O2S. The van der Waals surface area contributed by atoms with E-state index in [1.165, 1.54) is 17.7 Å². The smallest absolute Gasteiger partial charge is 0.327 e. The van der Waals surface area contributed by atoms with E-state index in [-0.39, 0.29) is 6.42 Å². The van der Waals surface area contributed by atoms with E-state index in [9.17, 15) is 4.79 Å². The minimum Gasteiger partial charge on any atom is -0.480 e. The van der Waals surface area contributed by atoms with Crippen LogP contribution in [-0.4, -0.2) is 27.1 Å². The fraction of sp³-hybridized carbons (Fsp3) is 0.182. The van der Waals surface area contributed by atoms with Crippen molar-refractivity contribution in [2.45, 2.75) is 12.5 Å². The molecule has 17 heavy (non-hydrogen) atoms. The van der Waals surface area contributed by atoms with E-state index < -0.39 is 12.0 Å². The molecule has 0 amide bonds. The van der Waals surface area contributed by atoms with E-state index in [0.717, 1.165) is 10.2 Å². The molecule has 2 aromatic rings. The molecule has 0 aliphatic rings. The summed E-state index contributed by atoms with van der Waals surface area (Å²) in [5, 5.41) is 14.5. The molecule has 0 aromatic carbocycles. The molecule has 2 N–H and O–H groups in total. The summed E-state index contributed by atoms with van der Waals surface area (Å²) in [6.45, 7) is 0. The maximum atomic E-state index is 11.0. The van der Waals surface area contributed by atoms with Crippen LogP contribution in [0.3, 0.4) is 0 Å². The standard InChI is InChI=1S/C11H9N3O2S/c1-2-3-8(11(15)16)14-9-7-4-5-17-10(7)13-6-12-9/h1,4-6,8H,3H2,(H,15,16)(H,12,13,14). The van der Waals surface area contributed by atoms with Crippen molar-refractivity contribution in [1.82, 2.24) is 9.97 Å². The maximum absolute atomic E-state index is 11.0. The van der Waals surface area contributed by atoms with E-state index in [0.29, 0.717) is 5.82 Å². The number of terminal acetylenes is 1. The van der Waals surface area contributed by atoms with Crippen LogP contribution >= 0.6 is 11.3 Å². The maximum Gasteiger partial charge on any atom is 0.327 e. The van der Waals surface area contributed by atoms with Crippen molar-refractivity contribution in [3.05, 3.63) is 17.8 Å². The molecule has 86 valence electrons. The molecule has 0 saturated heterocycles. The van der Waals surface area contributed by atoms with Gasteiger partial charge in [0.05, 0.1) is 5.39 Å². The summed E-state index contributed by atoms with van der Waals surface area (Å²) in [5.41, 5.74) is 0. The second-order valence-electron chi connectivity index (χ2n) is 3.31. The SMILES string of the molecule is C#CCC(Nc1ncnc2sccc12)C(=O)O. The average molecular weight is 247 g/mol. The van der Waals surface area contributed by atoms with Crippen molar-refractivity contribution < 1.29 is 9.90 Å². The Morgan fingerprint density at radius 3 is 3.18 bits per heavy atom. The van der Waals surface area contributed by atoms with Crippen LogP contribution in [0.2, 0.25) is 0 Å². The quantitative estimate of drug-likeness (QED) is 0.802. The number of rotatable bonds is 4. The number of aliphatic carboxylic acids is 1. The molecule has 0 spiro atoms. The van der Waals surface area contributed by atoms with Gasteiger partial charge in [0.15, 0.2) is 0 Å². The Balaban J connectivity index is 2.31. The zero-order chi connectivity index (χ0) is 12.3. The first kappa shape index (κ1) is 11.4. The Morgan fingerprint density at radius 2 is 2.47 bits per heavy atom. The van der Waals surface area contributed by atoms with Crippen molar-refractivity contribution in [3.8, 4) is 12.3 Å². The highest BCUT2D eigenvalue weighted by Gasteiger charge is 2.17. The molecule has 0 aliphatic carbocycles. The molecule has 1 unspecified atom stereocenters. The lowest BCUT2D eigenvalue weighted by atomic mass is 10.2. The third-order valence-electron chi connectivity index (χ3n) is 2.19. The van der Waals surface area contributed by atoms with Gasteiger partial charge in [-0.1, -0.05) is 0 Å². The van der Waals surface area contributed by atoms with Crippen LogP contribution in [0.5, 0.6) is 0 Å². The van der Waals surface area contributed by atoms with Crippen molar-refractivity contribution in [1.29, 1.82) is 0 Å². The predicted molar refractivity (Wildman–Crippen MR) is 65.9 cm³/mol. The number of carboxylic acid groups (broad SMARTS) is 1. The van der Waals surface area contributed by atoms with Gasteiger partial charge >= 0.3 is 5.97 Å². The summed E-state index contributed by atoms with van der Waals surface area (Å²) in [6.07, 6.45) is 6.63. The minimum atomic E-state index is -0.995. The number of nitrogens with one attached hydrogen (secondary N) is 1. The summed E-state index contributed by atoms with van der Waals surface area (Å²) in [7, 11) is 0. The first-order valence-corrected chi connectivity index (χ1v) is 5.71. The normalized spacial score (nSPS) is 11.9. The Morgan fingerprint density at radius 1 is 1.65 bits per heavy atom. The van der Waals surface area contributed by atoms with Gasteiger partial charge in [-0.25, -0.2) is 14.8 Å². The van der Waals surface area contributed by atoms with Gasteiger partial charge in [0, 0.05) is 6.42 Å². The van der Waals surface area contributed by atoms with Crippen LogP contribution in [0.15, 0.2) is 17.8 Å². The Kier molecular flexibility index (Phi) is 3.21. The van der Waals surface area contributed by atoms with E-state index in [2.05, 4.69) is 21.2 Å². The Labute approximate surface area is 102 Å². The van der Waals surface area contributed by atoms with Crippen molar-refractivity contribution >= 4 is 33.3 Å². The lowest BCUT2D eigenvalue weighted by Gasteiger charge is -2.12. The van der Waals surface area contributed by atoms with Gasteiger partial charge in [-0.15, -0.1) is 23.7 Å². The second kappa shape index (κ2) is 4.80. The number of carboxylic acids is 1. The average Bonchev–Trinajstić information content (AvgIpc) is 2.77. The van der Waals surface area contributed by atoms with Crippen LogP contribution in [0.1, 0.15) is 6.42 Å². The Hall–Kier alpha value is -2.13. The highest BCUT2D eigenvalue weighted by Crippen LogP contribution is 2.24. The van der Waals surface area contributed by atoms with Gasteiger partial charge < -0.3 is 10.4 Å². The summed E-state index contributed by atoms with van der Waals surface area (Å²) < 4.78 is 0. The van der Waals surface area contributed by atoms with Crippen molar-refractivity contribution in [2.24, 2.45) is 0 Å². The summed E-state index contributed by atoms with van der Waals surface area (Å²) in [6, 6.07) is 1.01. The van der Waals surface area contributed by atoms with Crippen molar-refractivity contribution in [3.63, 3.8) is 0 Å². The van der Waals surface area contributed by atoms with E-state index in [1.54, 1.807) is 0 Å². The molecule has 5 nitrogen and oxygen atoms in total. The lowest BCUT2D eigenvalue weighted by molar-refractivity contribution is -0.137. The molecule has 1 atom stereocenters. The number of anilines is 1. The number of nitrogens with zero attached hydrogens (tertiary/aromatic N) is 2. The monoisotopic (exact) mass is 247 g/mol. The van der Waals surface area contributed by atoms with E-state index in [4.69, 9.17) is 11.5 Å². The first-order valence-electron chi connectivity index (χ1n) is 4.83. The minimum absolute atomic E-state index is 0.102. The fourth-order valence-electron chi connectivity index (χ4n) is 1.39. The number of thiophene rings is 1. The zero-order valence-corrected chi connectivity index (χ0v) is 9.57. The highest BCUT2D eigenvalue weighted by molar-refractivity contribution is 7.16. The molecular weight excluding hydrogens is 238 g/mol. The van der Waals surface area contributed by atoms with Crippen LogP contribution in [0.4, 0.5) is 5.82 Å². The molecule has 0 saturated carbocycles. The first-order chi connectivity index (χ1) is 8.22. The fourth-order valence-corrected chi connectivity index (χ4v) is 2.12. The summed E-state index contributed by atoms with van der Waals surface area (Å²) >= 11 is 1.47. The van der Waals surface area contributed by atoms with Crippen LogP contribution in [0, 0.1) is 12.3 Å². The zero-order valence-electron chi connectivity index (χ0n) is 8.75. The van der Waals surface area contributed by atoms with Crippen LogP contribution in [-0.2, 0) is 4.79 Å².